The van der Waals surface area contributed by atoms with Gasteiger partial charge in [-0.25, -0.2) is 0 Å². The Bertz CT molecular complexity index is 1040. The maximum absolute atomic E-state index is 12.5. The van der Waals surface area contributed by atoms with Crippen molar-refractivity contribution in [1.29, 1.82) is 0 Å². The molecule has 0 fully saturated rings. The molecule has 1 heterocycles. The molecule has 0 radical (unpaired) electrons. The molecule has 0 aliphatic carbocycles. The minimum absolute atomic E-state index is 0.220. The molecule has 0 amide bonds. The van der Waals surface area contributed by atoms with Crippen LogP contribution in [0.1, 0.15) is 22.3 Å². The molecule has 4 nitrogen and oxygen atoms in total. The van der Waals surface area contributed by atoms with Crippen LogP contribution in [0, 0.1) is 25.5 Å². The average Bonchev–Trinajstić information content (AvgIpc) is 2.52. The highest BCUT2D eigenvalue weighted by Crippen LogP contribution is 2.13. The summed E-state index contributed by atoms with van der Waals surface area (Å²) >= 11 is 5.26. The van der Waals surface area contributed by atoms with Gasteiger partial charge in [-0.15, -0.1) is 0 Å². The minimum Gasteiger partial charge on any atom is -0.330 e. The second kappa shape index (κ2) is 5.93. The highest BCUT2D eigenvalue weighted by molar-refractivity contribution is 7.71. The van der Waals surface area contributed by atoms with Crippen LogP contribution in [-0.2, 0) is 0 Å². The van der Waals surface area contributed by atoms with E-state index in [0.717, 1.165) is 16.6 Å². The number of aryl methyl sites for hydroxylation is 3. The van der Waals surface area contributed by atoms with E-state index in [2.05, 4.69) is 36.1 Å². The number of fused-ring (bicyclic) bond motifs is 1. The molecule has 0 aliphatic heterocycles. The van der Waals surface area contributed by atoms with Gasteiger partial charge in [0.15, 0.2) is 0 Å². The van der Waals surface area contributed by atoms with Crippen molar-refractivity contribution in [1.82, 2.24) is 9.66 Å². The molecule has 23 heavy (non-hydrogen) atoms. The molecular formula is C18H17N3OS. The Morgan fingerprint density at radius 1 is 1.09 bits per heavy atom. The van der Waals surface area contributed by atoms with Crippen LogP contribution in [0.25, 0.3) is 10.9 Å². The number of para-hydroxylation sites is 1. The van der Waals surface area contributed by atoms with Crippen molar-refractivity contribution in [2.24, 2.45) is 5.10 Å². The van der Waals surface area contributed by atoms with E-state index in [0.29, 0.717) is 5.39 Å². The van der Waals surface area contributed by atoms with Crippen molar-refractivity contribution < 1.29 is 0 Å². The number of nitrogens with zero attached hydrogens (tertiary/aromatic N) is 2. The molecule has 0 aliphatic rings. The van der Waals surface area contributed by atoms with Crippen LogP contribution < -0.4 is 5.56 Å². The Morgan fingerprint density at radius 2 is 1.78 bits per heavy atom. The third-order valence-corrected chi connectivity index (χ3v) is 4.25. The van der Waals surface area contributed by atoms with Gasteiger partial charge < -0.3 is 4.98 Å². The van der Waals surface area contributed by atoms with Crippen LogP contribution in [0.4, 0.5) is 0 Å². The lowest BCUT2D eigenvalue weighted by atomic mass is 10.0. The maximum Gasteiger partial charge on any atom is 0.282 e. The first-order valence-corrected chi connectivity index (χ1v) is 7.74. The molecule has 3 rings (SSSR count). The molecule has 0 spiro atoms. The summed E-state index contributed by atoms with van der Waals surface area (Å²) in [5.41, 5.74) is 5.01. The number of benzene rings is 2. The summed E-state index contributed by atoms with van der Waals surface area (Å²) in [6, 6.07) is 11.4. The summed E-state index contributed by atoms with van der Waals surface area (Å²) in [4.78, 5) is 15.6. The second-order valence-electron chi connectivity index (χ2n) is 5.63. The van der Waals surface area contributed by atoms with E-state index < -0.39 is 0 Å². The average molecular weight is 323 g/mol. The van der Waals surface area contributed by atoms with E-state index >= 15 is 0 Å². The van der Waals surface area contributed by atoms with E-state index in [4.69, 9.17) is 12.2 Å². The molecule has 0 saturated heterocycles. The predicted molar refractivity (Wildman–Crippen MR) is 97.0 cm³/mol. The summed E-state index contributed by atoms with van der Waals surface area (Å²) in [7, 11) is 0. The fraction of sp³-hybridized carbons (Fsp3) is 0.167. The summed E-state index contributed by atoms with van der Waals surface area (Å²) in [5.74, 6) is 0. The number of aromatic nitrogens is 2. The maximum atomic E-state index is 12.5. The Hall–Kier alpha value is -2.53. The molecule has 116 valence electrons. The van der Waals surface area contributed by atoms with E-state index in [9.17, 15) is 4.79 Å². The van der Waals surface area contributed by atoms with E-state index in [-0.39, 0.29) is 10.3 Å². The summed E-state index contributed by atoms with van der Waals surface area (Å²) in [6.45, 7) is 6.16. The standard InChI is InChI=1S/C18H17N3OS/c1-11-8-13(3)14(9-12(11)2)10-19-21-17(22)15-6-4-5-7-16(15)20-18(21)23/h4-10H,1-3H3,(H,20,23)/b19-10-. The molecule has 1 aromatic heterocycles. The van der Waals surface area contributed by atoms with Crippen molar-refractivity contribution in [3.05, 3.63) is 73.8 Å². The van der Waals surface area contributed by atoms with Gasteiger partial charge >= 0.3 is 0 Å². The smallest absolute Gasteiger partial charge is 0.282 e. The lowest BCUT2D eigenvalue weighted by Crippen LogP contribution is -2.18. The van der Waals surface area contributed by atoms with Gasteiger partial charge in [-0.1, -0.05) is 18.2 Å². The first-order valence-electron chi connectivity index (χ1n) is 7.33. The molecule has 0 saturated carbocycles. The summed E-state index contributed by atoms with van der Waals surface area (Å²) < 4.78 is 1.51. The Labute approximate surface area is 139 Å². The number of rotatable bonds is 2. The lowest BCUT2D eigenvalue weighted by Gasteiger charge is -2.06. The van der Waals surface area contributed by atoms with Crippen molar-refractivity contribution in [2.75, 3.05) is 0 Å². The topological polar surface area (TPSA) is 50.1 Å². The molecule has 0 atom stereocenters. The van der Waals surface area contributed by atoms with Crippen LogP contribution >= 0.6 is 12.2 Å². The fourth-order valence-corrected chi connectivity index (χ4v) is 2.74. The van der Waals surface area contributed by atoms with E-state index in [1.54, 1.807) is 12.3 Å². The van der Waals surface area contributed by atoms with Crippen LogP contribution in [0.15, 0.2) is 46.3 Å². The SMILES string of the molecule is Cc1cc(C)c(/C=N\n2c(=S)[nH]c3ccccc3c2=O)cc1C. The van der Waals surface area contributed by atoms with Crippen LogP contribution in [0.3, 0.4) is 0 Å². The third kappa shape index (κ3) is 2.87. The summed E-state index contributed by atoms with van der Waals surface area (Å²) in [5, 5.41) is 4.87. The van der Waals surface area contributed by atoms with Crippen LogP contribution in [-0.4, -0.2) is 15.9 Å². The van der Waals surface area contributed by atoms with Gasteiger partial charge in [0.25, 0.3) is 5.56 Å². The predicted octanol–water partition coefficient (Wildman–Crippen LogP) is 3.87. The number of hydrogen-bond acceptors (Lipinski definition) is 3. The van der Waals surface area contributed by atoms with Gasteiger partial charge in [0.2, 0.25) is 4.77 Å². The van der Waals surface area contributed by atoms with E-state index in [1.807, 2.05) is 25.1 Å². The van der Waals surface area contributed by atoms with Crippen molar-refractivity contribution >= 4 is 29.3 Å². The molecular weight excluding hydrogens is 306 g/mol. The normalized spacial score (nSPS) is 11.4. The van der Waals surface area contributed by atoms with Crippen LogP contribution in [0.2, 0.25) is 0 Å². The first-order chi connectivity index (χ1) is 11.0. The zero-order chi connectivity index (χ0) is 16.6. The van der Waals surface area contributed by atoms with Gasteiger partial charge in [-0.3, -0.25) is 4.79 Å². The molecule has 5 heteroatoms. The quantitative estimate of drug-likeness (QED) is 0.575. The van der Waals surface area contributed by atoms with Crippen molar-refractivity contribution in [3.8, 4) is 0 Å². The number of aromatic amines is 1. The van der Waals surface area contributed by atoms with E-state index in [1.165, 1.54) is 15.8 Å². The molecule has 1 N–H and O–H groups in total. The molecule has 0 unspecified atom stereocenters. The Kier molecular flexibility index (Phi) is 3.96. The highest BCUT2D eigenvalue weighted by Gasteiger charge is 2.04. The minimum atomic E-state index is -0.220. The third-order valence-electron chi connectivity index (χ3n) is 3.98. The van der Waals surface area contributed by atoms with Gasteiger partial charge in [-0.05, 0) is 73.4 Å². The number of H-pyrrole nitrogens is 1. The lowest BCUT2D eigenvalue weighted by molar-refractivity contribution is 0.799. The monoisotopic (exact) mass is 323 g/mol. The highest BCUT2D eigenvalue weighted by atomic mass is 32.1. The van der Waals surface area contributed by atoms with Crippen molar-refractivity contribution in [3.63, 3.8) is 0 Å². The first kappa shape index (κ1) is 15.4. The Morgan fingerprint density at radius 3 is 2.57 bits per heavy atom. The molecule has 2 aromatic carbocycles. The largest absolute Gasteiger partial charge is 0.330 e. The molecule has 3 aromatic rings. The molecule has 0 bridgehead atoms. The van der Waals surface area contributed by atoms with Gasteiger partial charge in [0, 0.05) is 0 Å². The number of nitrogens with one attached hydrogen (secondary N) is 1. The van der Waals surface area contributed by atoms with Crippen LogP contribution in [0.5, 0.6) is 0 Å². The summed E-state index contributed by atoms with van der Waals surface area (Å²) in [6.07, 6.45) is 1.68. The van der Waals surface area contributed by atoms with Gasteiger partial charge in [-0.2, -0.15) is 9.78 Å². The van der Waals surface area contributed by atoms with Gasteiger partial charge in [0.1, 0.15) is 0 Å². The fourth-order valence-electron chi connectivity index (χ4n) is 2.50. The Balaban J connectivity index is 2.14. The second-order valence-corrected chi connectivity index (χ2v) is 6.02. The zero-order valence-corrected chi connectivity index (χ0v) is 14.1. The van der Waals surface area contributed by atoms with Crippen molar-refractivity contribution in [2.45, 2.75) is 20.8 Å². The number of hydrogen-bond donors (Lipinski definition) is 1. The van der Waals surface area contributed by atoms with Gasteiger partial charge in [0.05, 0.1) is 17.1 Å². The zero-order valence-electron chi connectivity index (χ0n) is 13.3.